The fourth-order valence-corrected chi connectivity index (χ4v) is 2.07. The fraction of sp³-hybridized carbons (Fsp3) is 0.857. The van der Waals surface area contributed by atoms with Crippen LogP contribution in [-0.2, 0) is 19.1 Å². The van der Waals surface area contributed by atoms with Crippen LogP contribution >= 0.6 is 0 Å². The van der Waals surface area contributed by atoms with Gasteiger partial charge in [0, 0.05) is 39.8 Å². The van der Waals surface area contributed by atoms with Gasteiger partial charge in [0.15, 0.2) is 0 Å². The Hall–Kier alpha value is -1.18. The predicted octanol–water partition coefficient (Wildman–Crippen LogP) is -0.680. The first-order chi connectivity index (χ1) is 10.2. The molecule has 1 saturated heterocycles. The van der Waals surface area contributed by atoms with Crippen molar-refractivity contribution >= 4 is 11.8 Å². The third-order valence-electron chi connectivity index (χ3n) is 3.32. The van der Waals surface area contributed by atoms with Gasteiger partial charge in [0.25, 0.3) is 0 Å². The number of carbonyl (C=O) groups excluding carboxylic acids is 2. The molecule has 7 heteroatoms. The fourth-order valence-electron chi connectivity index (χ4n) is 2.07. The molecule has 0 saturated carbocycles. The predicted molar refractivity (Wildman–Crippen MR) is 79.0 cm³/mol. The van der Waals surface area contributed by atoms with Crippen LogP contribution in [-0.4, -0.2) is 87.8 Å². The first kappa shape index (κ1) is 17.9. The van der Waals surface area contributed by atoms with E-state index in [2.05, 4.69) is 10.2 Å². The van der Waals surface area contributed by atoms with Crippen LogP contribution < -0.4 is 5.32 Å². The lowest BCUT2D eigenvalue weighted by molar-refractivity contribution is -0.138. The standard InChI is InChI=1S/C14H27N3O4/c1-3-4-15-13(18)11-16-5-7-17(8-6-16)14(19)12-21-10-9-20-2/h3-12H2,1-2H3,(H,15,18). The number of ether oxygens (including phenoxy) is 2. The van der Waals surface area contributed by atoms with E-state index < -0.39 is 0 Å². The van der Waals surface area contributed by atoms with E-state index in [9.17, 15) is 9.59 Å². The topological polar surface area (TPSA) is 71.1 Å². The zero-order valence-electron chi connectivity index (χ0n) is 13.1. The molecule has 21 heavy (non-hydrogen) atoms. The van der Waals surface area contributed by atoms with Crippen LogP contribution in [0.3, 0.4) is 0 Å². The molecule has 1 aliphatic heterocycles. The molecule has 0 unspecified atom stereocenters. The van der Waals surface area contributed by atoms with Crippen LogP contribution in [0.1, 0.15) is 13.3 Å². The summed E-state index contributed by atoms with van der Waals surface area (Å²) in [4.78, 5) is 27.4. The maximum absolute atomic E-state index is 11.9. The molecule has 1 N–H and O–H groups in total. The van der Waals surface area contributed by atoms with Gasteiger partial charge in [0.2, 0.25) is 11.8 Å². The van der Waals surface area contributed by atoms with Gasteiger partial charge in [-0.05, 0) is 6.42 Å². The molecular weight excluding hydrogens is 274 g/mol. The van der Waals surface area contributed by atoms with Crippen LogP contribution in [0.2, 0.25) is 0 Å². The molecule has 0 aromatic heterocycles. The first-order valence-corrected chi connectivity index (χ1v) is 7.51. The Morgan fingerprint density at radius 3 is 2.48 bits per heavy atom. The van der Waals surface area contributed by atoms with Crippen molar-refractivity contribution in [3.8, 4) is 0 Å². The second kappa shape index (κ2) is 10.5. The van der Waals surface area contributed by atoms with E-state index >= 15 is 0 Å². The third kappa shape index (κ3) is 7.40. The van der Waals surface area contributed by atoms with Crippen LogP contribution in [0, 0.1) is 0 Å². The Morgan fingerprint density at radius 2 is 1.86 bits per heavy atom. The van der Waals surface area contributed by atoms with Crippen molar-refractivity contribution in [2.75, 3.05) is 66.2 Å². The van der Waals surface area contributed by atoms with Gasteiger partial charge < -0.3 is 19.7 Å². The molecule has 0 aromatic rings. The highest BCUT2D eigenvalue weighted by Gasteiger charge is 2.22. The van der Waals surface area contributed by atoms with Gasteiger partial charge in [-0.1, -0.05) is 6.92 Å². The minimum Gasteiger partial charge on any atom is -0.382 e. The lowest BCUT2D eigenvalue weighted by Gasteiger charge is -2.34. The van der Waals surface area contributed by atoms with Gasteiger partial charge in [-0.15, -0.1) is 0 Å². The number of amides is 2. The van der Waals surface area contributed by atoms with E-state index in [0.29, 0.717) is 32.8 Å². The number of methoxy groups -OCH3 is 1. The summed E-state index contributed by atoms with van der Waals surface area (Å²) in [6, 6.07) is 0. The van der Waals surface area contributed by atoms with Gasteiger partial charge in [-0.2, -0.15) is 0 Å². The molecule has 0 atom stereocenters. The molecule has 1 fully saturated rings. The summed E-state index contributed by atoms with van der Waals surface area (Å²) in [5.41, 5.74) is 0. The van der Waals surface area contributed by atoms with Crippen LogP contribution in [0.4, 0.5) is 0 Å². The van der Waals surface area contributed by atoms with E-state index in [-0.39, 0.29) is 18.4 Å². The number of nitrogens with one attached hydrogen (secondary N) is 1. The second-order valence-electron chi connectivity index (χ2n) is 5.05. The zero-order chi connectivity index (χ0) is 15.5. The van der Waals surface area contributed by atoms with Crippen LogP contribution in [0.25, 0.3) is 0 Å². The minimum atomic E-state index is 0.00110. The maximum Gasteiger partial charge on any atom is 0.248 e. The number of carbonyl (C=O) groups is 2. The molecule has 7 nitrogen and oxygen atoms in total. The van der Waals surface area contributed by atoms with Gasteiger partial charge in [0.1, 0.15) is 6.61 Å². The lowest BCUT2D eigenvalue weighted by Crippen LogP contribution is -2.51. The summed E-state index contributed by atoms with van der Waals surface area (Å²) >= 11 is 0. The first-order valence-electron chi connectivity index (χ1n) is 7.51. The molecule has 0 bridgehead atoms. The van der Waals surface area contributed by atoms with Crippen molar-refractivity contribution in [3.63, 3.8) is 0 Å². The normalized spacial score (nSPS) is 16.0. The van der Waals surface area contributed by atoms with Crippen molar-refractivity contribution in [2.45, 2.75) is 13.3 Å². The minimum absolute atomic E-state index is 0.00110. The largest absolute Gasteiger partial charge is 0.382 e. The zero-order valence-corrected chi connectivity index (χ0v) is 13.1. The highest BCUT2D eigenvalue weighted by atomic mass is 16.5. The van der Waals surface area contributed by atoms with Crippen molar-refractivity contribution in [1.29, 1.82) is 0 Å². The van der Waals surface area contributed by atoms with Gasteiger partial charge in [0.05, 0.1) is 19.8 Å². The summed E-state index contributed by atoms with van der Waals surface area (Å²) in [6.45, 7) is 6.92. The lowest BCUT2D eigenvalue weighted by atomic mass is 10.3. The summed E-state index contributed by atoms with van der Waals surface area (Å²) in [5.74, 6) is 0.0562. The molecule has 122 valence electrons. The van der Waals surface area contributed by atoms with Crippen molar-refractivity contribution in [1.82, 2.24) is 15.1 Å². The third-order valence-corrected chi connectivity index (χ3v) is 3.32. The summed E-state index contributed by atoms with van der Waals surface area (Å²) in [6.07, 6.45) is 0.942. The SMILES string of the molecule is CCCNC(=O)CN1CCN(C(=O)COCCOC)CC1. The molecule has 0 radical (unpaired) electrons. The molecule has 0 aliphatic carbocycles. The number of hydrogen-bond acceptors (Lipinski definition) is 5. The molecule has 1 aliphatic rings. The highest BCUT2D eigenvalue weighted by molar-refractivity contribution is 5.78. The monoisotopic (exact) mass is 301 g/mol. The summed E-state index contributed by atoms with van der Waals surface area (Å²) in [5, 5.41) is 2.86. The Balaban J connectivity index is 2.16. The summed E-state index contributed by atoms with van der Waals surface area (Å²) < 4.78 is 10.1. The Kier molecular flexibility index (Phi) is 8.96. The average Bonchev–Trinajstić information content (AvgIpc) is 2.50. The van der Waals surface area contributed by atoms with Gasteiger partial charge in [-0.25, -0.2) is 0 Å². The van der Waals surface area contributed by atoms with Gasteiger partial charge in [-0.3, -0.25) is 14.5 Å². The van der Waals surface area contributed by atoms with E-state index in [1.54, 1.807) is 12.0 Å². The van der Waals surface area contributed by atoms with Crippen LogP contribution in [0.15, 0.2) is 0 Å². The highest BCUT2D eigenvalue weighted by Crippen LogP contribution is 2.02. The number of piperazine rings is 1. The molecular formula is C14H27N3O4. The van der Waals surface area contributed by atoms with E-state index in [1.165, 1.54) is 0 Å². The number of nitrogens with zero attached hydrogens (tertiary/aromatic N) is 2. The van der Waals surface area contributed by atoms with E-state index in [0.717, 1.165) is 26.1 Å². The summed E-state index contributed by atoms with van der Waals surface area (Å²) in [7, 11) is 1.60. The maximum atomic E-state index is 11.9. The van der Waals surface area contributed by atoms with E-state index in [1.807, 2.05) is 6.92 Å². The molecule has 2 amide bonds. The number of hydrogen-bond donors (Lipinski definition) is 1. The molecule has 0 spiro atoms. The Morgan fingerprint density at radius 1 is 1.14 bits per heavy atom. The van der Waals surface area contributed by atoms with Crippen molar-refractivity contribution in [3.05, 3.63) is 0 Å². The second-order valence-corrected chi connectivity index (χ2v) is 5.05. The van der Waals surface area contributed by atoms with Crippen molar-refractivity contribution in [2.24, 2.45) is 0 Å². The average molecular weight is 301 g/mol. The Labute approximate surface area is 126 Å². The molecule has 0 aromatic carbocycles. The Bertz CT molecular complexity index is 317. The number of rotatable bonds is 9. The smallest absolute Gasteiger partial charge is 0.248 e. The van der Waals surface area contributed by atoms with Gasteiger partial charge >= 0.3 is 0 Å². The van der Waals surface area contributed by atoms with Crippen LogP contribution in [0.5, 0.6) is 0 Å². The van der Waals surface area contributed by atoms with Crippen molar-refractivity contribution < 1.29 is 19.1 Å². The quantitative estimate of drug-likeness (QED) is 0.571. The molecule has 1 heterocycles. The van der Waals surface area contributed by atoms with E-state index in [4.69, 9.17) is 9.47 Å². The molecule has 1 rings (SSSR count).